The second-order valence-electron chi connectivity index (χ2n) is 6.91. The molecule has 1 aromatic carbocycles. The van der Waals surface area contributed by atoms with Gasteiger partial charge in [0.1, 0.15) is 11.3 Å². The van der Waals surface area contributed by atoms with E-state index in [0.717, 1.165) is 19.3 Å². The van der Waals surface area contributed by atoms with E-state index in [0.29, 0.717) is 40.0 Å². The SMILES string of the molecule is C=Cc1nn(C2CCCCO2)c2c(F)cc(-c3c(COC)nn(C)c3O)cc12. The monoisotopic (exact) mass is 386 g/mol. The quantitative estimate of drug-likeness (QED) is 0.723. The van der Waals surface area contributed by atoms with Crippen LogP contribution in [0.2, 0.25) is 0 Å². The fraction of sp³-hybridized carbons (Fsp3) is 0.400. The average molecular weight is 386 g/mol. The first kappa shape index (κ1) is 18.6. The van der Waals surface area contributed by atoms with Crippen molar-refractivity contribution in [2.45, 2.75) is 32.1 Å². The minimum Gasteiger partial charge on any atom is -0.493 e. The fourth-order valence-corrected chi connectivity index (χ4v) is 3.77. The zero-order chi connectivity index (χ0) is 19.8. The Morgan fingerprint density at radius 2 is 2.21 bits per heavy atom. The van der Waals surface area contributed by atoms with Gasteiger partial charge >= 0.3 is 0 Å². The first-order chi connectivity index (χ1) is 13.5. The van der Waals surface area contributed by atoms with Crippen molar-refractivity contribution in [1.82, 2.24) is 19.6 Å². The number of aryl methyl sites for hydroxylation is 1. The van der Waals surface area contributed by atoms with Gasteiger partial charge in [0.2, 0.25) is 5.88 Å². The molecule has 148 valence electrons. The van der Waals surface area contributed by atoms with Crippen LogP contribution in [0.5, 0.6) is 5.88 Å². The molecule has 1 N–H and O–H groups in total. The lowest BCUT2D eigenvalue weighted by Crippen LogP contribution is -2.19. The topological polar surface area (TPSA) is 74.3 Å². The molecule has 0 spiro atoms. The molecule has 0 radical (unpaired) electrons. The predicted octanol–water partition coefficient (Wildman–Crippen LogP) is 3.77. The van der Waals surface area contributed by atoms with Crippen LogP contribution in [-0.4, -0.2) is 38.4 Å². The Hall–Kier alpha value is -2.71. The summed E-state index contributed by atoms with van der Waals surface area (Å²) in [4.78, 5) is 0. The molecule has 3 aromatic rings. The van der Waals surface area contributed by atoms with Gasteiger partial charge in [-0.2, -0.15) is 10.2 Å². The maximum absolute atomic E-state index is 15.3. The van der Waals surface area contributed by atoms with E-state index in [1.807, 2.05) is 0 Å². The van der Waals surface area contributed by atoms with Crippen molar-refractivity contribution in [3.63, 3.8) is 0 Å². The Kier molecular flexibility index (Phi) is 4.91. The van der Waals surface area contributed by atoms with Gasteiger partial charge in [0.05, 0.1) is 23.6 Å². The molecule has 0 saturated carbocycles. The van der Waals surface area contributed by atoms with Crippen molar-refractivity contribution >= 4 is 17.0 Å². The average Bonchev–Trinajstić information content (AvgIpc) is 3.20. The predicted molar refractivity (Wildman–Crippen MR) is 103 cm³/mol. The third-order valence-corrected chi connectivity index (χ3v) is 5.06. The zero-order valence-electron chi connectivity index (χ0n) is 16.0. The molecule has 1 aliphatic rings. The summed E-state index contributed by atoms with van der Waals surface area (Å²) < 4.78 is 29.2. The fourth-order valence-electron chi connectivity index (χ4n) is 3.77. The number of hydrogen-bond acceptors (Lipinski definition) is 5. The minimum atomic E-state index is -0.436. The Labute approximate surface area is 162 Å². The number of rotatable bonds is 5. The first-order valence-electron chi connectivity index (χ1n) is 9.25. The van der Waals surface area contributed by atoms with Crippen molar-refractivity contribution in [3.05, 3.63) is 35.9 Å². The van der Waals surface area contributed by atoms with Crippen LogP contribution in [0, 0.1) is 5.82 Å². The van der Waals surface area contributed by atoms with Crippen molar-refractivity contribution in [3.8, 4) is 17.0 Å². The van der Waals surface area contributed by atoms with E-state index in [1.54, 1.807) is 31.0 Å². The first-order valence-corrected chi connectivity index (χ1v) is 9.25. The molecule has 1 fully saturated rings. The standard InChI is InChI=1S/C20H23FN4O3/c1-4-15-13-9-12(18-16(11-27-3)22-24(2)20(18)26)10-14(21)19(13)25(23-15)17-7-5-6-8-28-17/h4,9-10,17,26H,1,5-8,11H2,2-3H3. The lowest BCUT2D eigenvalue weighted by molar-refractivity contribution is -0.0369. The molecule has 3 heterocycles. The van der Waals surface area contributed by atoms with Gasteiger partial charge in [-0.3, -0.25) is 0 Å². The van der Waals surface area contributed by atoms with Crippen LogP contribution >= 0.6 is 0 Å². The summed E-state index contributed by atoms with van der Waals surface area (Å²) >= 11 is 0. The molecule has 1 atom stereocenters. The lowest BCUT2D eigenvalue weighted by Gasteiger charge is -2.23. The van der Waals surface area contributed by atoms with Gasteiger partial charge in [0.25, 0.3) is 0 Å². The summed E-state index contributed by atoms with van der Waals surface area (Å²) in [5.74, 6) is -0.483. The number of fused-ring (bicyclic) bond motifs is 1. The molecular formula is C20H23FN4O3. The van der Waals surface area contributed by atoms with Crippen LogP contribution in [-0.2, 0) is 23.1 Å². The maximum Gasteiger partial charge on any atom is 0.217 e. The lowest BCUT2D eigenvalue weighted by atomic mass is 10.0. The molecule has 4 rings (SSSR count). The van der Waals surface area contributed by atoms with Crippen molar-refractivity contribution in [1.29, 1.82) is 0 Å². The van der Waals surface area contributed by atoms with Gasteiger partial charge in [-0.25, -0.2) is 13.8 Å². The minimum absolute atomic E-state index is 0.0473. The number of benzene rings is 1. The number of ether oxygens (including phenoxy) is 2. The number of methoxy groups -OCH3 is 1. The van der Waals surface area contributed by atoms with E-state index < -0.39 is 5.82 Å². The van der Waals surface area contributed by atoms with Crippen molar-refractivity contribution < 1.29 is 19.0 Å². The molecule has 8 heteroatoms. The molecule has 1 aliphatic heterocycles. The summed E-state index contributed by atoms with van der Waals surface area (Å²) in [5, 5.41) is 19.9. The second kappa shape index (κ2) is 7.37. The van der Waals surface area contributed by atoms with E-state index >= 15 is 4.39 Å². The number of hydrogen-bond donors (Lipinski definition) is 1. The molecule has 0 aliphatic carbocycles. The highest BCUT2D eigenvalue weighted by atomic mass is 19.1. The summed E-state index contributed by atoms with van der Waals surface area (Å²) in [7, 11) is 3.17. The molecule has 7 nitrogen and oxygen atoms in total. The van der Waals surface area contributed by atoms with Crippen LogP contribution in [0.3, 0.4) is 0 Å². The Balaban J connectivity index is 1.91. The van der Waals surface area contributed by atoms with E-state index in [2.05, 4.69) is 16.8 Å². The van der Waals surface area contributed by atoms with Gasteiger partial charge in [-0.05, 0) is 43.0 Å². The van der Waals surface area contributed by atoms with Gasteiger partial charge in [-0.1, -0.05) is 6.58 Å². The Morgan fingerprint density at radius 3 is 2.89 bits per heavy atom. The number of nitrogens with zero attached hydrogens (tertiary/aromatic N) is 4. The normalized spacial score (nSPS) is 17.3. The zero-order valence-corrected chi connectivity index (χ0v) is 16.0. The molecule has 1 unspecified atom stereocenters. The Morgan fingerprint density at radius 1 is 1.39 bits per heavy atom. The number of aromatic hydroxyl groups is 1. The molecule has 2 aromatic heterocycles. The summed E-state index contributed by atoms with van der Waals surface area (Å²) in [6.07, 6.45) is 4.11. The molecule has 0 amide bonds. The van der Waals surface area contributed by atoms with Crippen LogP contribution in [0.25, 0.3) is 28.1 Å². The molecule has 28 heavy (non-hydrogen) atoms. The van der Waals surface area contributed by atoms with Crippen molar-refractivity contribution in [2.75, 3.05) is 13.7 Å². The molecular weight excluding hydrogens is 363 g/mol. The Bertz CT molecular complexity index is 1030. The highest BCUT2D eigenvalue weighted by molar-refractivity contribution is 5.92. The van der Waals surface area contributed by atoms with E-state index in [9.17, 15) is 5.11 Å². The van der Waals surface area contributed by atoms with Crippen LogP contribution in [0.1, 0.15) is 36.9 Å². The van der Waals surface area contributed by atoms with Crippen LogP contribution in [0.15, 0.2) is 18.7 Å². The third-order valence-electron chi connectivity index (χ3n) is 5.06. The van der Waals surface area contributed by atoms with Gasteiger partial charge in [0.15, 0.2) is 6.23 Å². The molecule has 1 saturated heterocycles. The smallest absolute Gasteiger partial charge is 0.217 e. The highest BCUT2D eigenvalue weighted by Gasteiger charge is 2.25. The number of halogens is 1. The third kappa shape index (κ3) is 2.98. The number of aromatic nitrogens is 4. The van der Waals surface area contributed by atoms with E-state index in [-0.39, 0.29) is 18.7 Å². The maximum atomic E-state index is 15.3. The van der Waals surface area contributed by atoms with Crippen molar-refractivity contribution in [2.24, 2.45) is 7.05 Å². The van der Waals surface area contributed by atoms with Gasteiger partial charge in [0, 0.05) is 26.2 Å². The van der Waals surface area contributed by atoms with E-state index in [1.165, 1.54) is 10.7 Å². The molecule has 0 bridgehead atoms. The summed E-state index contributed by atoms with van der Waals surface area (Å²) in [5.41, 5.74) is 2.44. The van der Waals surface area contributed by atoms with E-state index in [4.69, 9.17) is 9.47 Å². The van der Waals surface area contributed by atoms with Crippen LogP contribution in [0.4, 0.5) is 4.39 Å². The summed E-state index contributed by atoms with van der Waals surface area (Å²) in [6, 6.07) is 3.20. The van der Waals surface area contributed by atoms with Crippen LogP contribution < -0.4 is 0 Å². The van der Waals surface area contributed by atoms with Gasteiger partial charge < -0.3 is 14.6 Å². The summed E-state index contributed by atoms with van der Waals surface area (Å²) in [6.45, 7) is 4.65. The highest BCUT2D eigenvalue weighted by Crippen LogP contribution is 2.38. The van der Waals surface area contributed by atoms with Gasteiger partial charge in [-0.15, -0.1) is 0 Å². The second-order valence-corrected chi connectivity index (χ2v) is 6.91. The largest absolute Gasteiger partial charge is 0.493 e.